The lowest BCUT2D eigenvalue weighted by Gasteiger charge is -2.31. The Bertz CT molecular complexity index is 960. The van der Waals surface area contributed by atoms with E-state index in [4.69, 9.17) is 11.6 Å². The summed E-state index contributed by atoms with van der Waals surface area (Å²) in [4.78, 5) is 40.3. The van der Waals surface area contributed by atoms with Crippen LogP contribution in [0, 0.1) is 0 Å². The number of amides is 4. The molecule has 1 fully saturated rings. The van der Waals surface area contributed by atoms with Gasteiger partial charge >= 0.3 is 6.03 Å². The molecule has 1 spiro atoms. The summed E-state index contributed by atoms with van der Waals surface area (Å²) in [5, 5.41) is 8.21. The van der Waals surface area contributed by atoms with Crippen LogP contribution in [-0.4, -0.2) is 29.3 Å². The molecule has 1 aliphatic carbocycles. The molecule has 4 amide bonds. The Labute approximate surface area is 171 Å². The van der Waals surface area contributed by atoms with Crippen LogP contribution in [-0.2, 0) is 21.5 Å². The zero-order valence-electron chi connectivity index (χ0n) is 15.3. The third kappa shape index (κ3) is 3.18. The van der Waals surface area contributed by atoms with E-state index in [0.717, 1.165) is 33.7 Å². The van der Waals surface area contributed by atoms with Crippen molar-refractivity contribution in [3.05, 3.63) is 56.7 Å². The fourth-order valence-electron chi connectivity index (χ4n) is 3.97. The largest absolute Gasteiger partial charge is 0.348 e. The lowest BCUT2D eigenvalue weighted by molar-refractivity contribution is -0.135. The number of fused-ring (bicyclic) bond motifs is 2. The smallest absolute Gasteiger partial charge is 0.325 e. The molecule has 4 rings (SSSR count). The molecule has 0 radical (unpaired) electrons. The number of hydrogen-bond donors (Lipinski definition) is 2. The standard InChI is InChI=1S/C20H20ClN3O3S/c1-12(13-4-2-5-14(21)10-13)22-17(25)11-24-18(26)20(23-19(24)27)8-3-6-16-15(20)7-9-28-16/h2,4-5,7,9-10,12H,3,6,8,11H2,1H3,(H,22,25)(H,23,27)/t12-,20-/m1/s1. The molecule has 0 bridgehead atoms. The molecule has 0 unspecified atom stereocenters. The summed E-state index contributed by atoms with van der Waals surface area (Å²) >= 11 is 7.60. The van der Waals surface area contributed by atoms with Crippen LogP contribution in [0.2, 0.25) is 5.02 Å². The monoisotopic (exact) mass is 417 g/mol. The van der Waals surface area contributed by atoms with Crippen molar-refractivity contribution in [1.82, 2.24) is 15.5 Å². The SMILES string of the molecule is C[C@@H](NC(=O)CN1C(=O)N[C@@]2(CCCc3sccc32)C1=O)c1cccc(Cl)c1. The van der Waals surface area contributed by atoms with E-state index >= 15 is 0 Å². The van der Waals surface area contributed by atoms with Crippen LogP contribution in [0.1, 0.15) is 41.8 Å². The number of aryl methyl sites for hydroxylation is 1. The molecule has 1 aromatic heterocycles. The molecule has 2 heterocycles. The van der Waals surface area contributed by atoms with Gasteiger partial charge in [0.2, 0.25) is 5.91 Å². The van der Waals surface area contributed by atoms with Gasteiger partial charge in [0.25, 0.3) is 5.91 Å². The Kier molecular flexibility index (Phi) is 4.89. The average Bonchev–Trinajstić information content (AvgIpc) is 3.22. The highest BCUT2D eigenvalue weighted by Gasteiger charge is 2.54. The van der Waals surface area contributed by atoms with Crippen LogP contribution in [0.5, 0.6) is 0 Å². The number of urea groups is 1. The molecule has 146 valence electrons. The number of carbonyl (C=O) groups is 3. The summed E-state index contributed by atoms with van der Waals surface area (Å²) in [6, 6.07) is 8.30. The fourth-order valence-corrected chi connectivity index (χ4v) is 5.17. The molecule has 28 heavy (non-hydrogen) atoms. The summed E-state index contributed by atoms with van der Waals surface area (Å²) in [5.41, 5.74) is 0.700. The van der Waals surface area contributed by atoms with Crippen molar-refractivity contribution in [2.75, 3.05) is 6.54 Å². The molecule has 0 saturated carbocycles. The normalized spacial score (nSPS) is 22.1. The summed E-state index contributed by atoms with van der Waals surface area (Å²) in [5.74, 6) is -0.739. The molecule has 8 heteroatoms. The Morgan fingerprint density at radius 2 is 2.21 bits per heavy atom. The van der Waals surface area contributed by atoms with Crippen molar-refractivity contribution in [2.45, 2.75) is 37.8 Å². The quantitative estimate of drug-likeness (QED) is 0.748. The molecule has 1 saturated heterocycles. The molecule has 2 N–H and O–H groups in total. The number of nitrogens with one attached hydrogen (secondary N) is 2. The molecule has 2 aliphatic rings. The highest BCUT2D eigenvalue weighted by atomic mass is 35.5. The van der Waals surface area contributed by atoms with E-state index in [9.17, 15) is 14.4 Å². The summed E-state index contributed by atoms with van der Waals surface area (Å²) in [7, 11) is 0. The van der Waals surface area contributed by atoms with Gasteiger partial charge in [-0.05, 0) is 55.3 Å². The van der Waals surface area contributed by atoms with Gasteiger partial charge in [0.1, 0.15) is 12.1 Å². The number of nitrogens with zero attached hydrogens (tertiary/aromatic N) is 1. The Morgan fingerprint density at radius 1 is 1.39 bits per heavy atom. The molecule has 2 aromatic rings. The van der Waals surface area contributed by atoms with Gasteiger partial charge in [-0.3, -0.25) is 14.5 Å². The van der Waals surface area contributed by atoms with Crippen molar-refractivity contribution in [3.63, 3.8) is 0 Å². The van der Waals surface area contributed by atoms with Crippen molar-refractivity contribution in [1.29, 1.82) is 0 Å². The van der Waals surface area contributed by atoms with E-state index in [2.05, 4.69) is 10.6 Å². The predicted octanol–water partition coefficient (Wildman–Crippen LogP) is 3.36. The van der Waals surface area contributed by atoms with Crippen LogP contribution in [0.25, 0.3) is 0 Å². The zero-order valence-corrected chi connectivity index (χ0v) is 16.9. The van der Waals surface area contributed by atoms with E-state index < -0.39 is 17.5 Å². The van der Waals surface area contributed by atoms with Crippen molar-refractivity contribution < 1.29 is 14.4 Å². The molecular formula is C20H20ClN3O3S. The number of carbonyl (C=O) groups excluding carboxylic acids is 3. The molecule has 1 aromatic carbocycles. The highest BCUT2D eigenvalue weighted by Crippen LogP contribution is 2.42. The number of imide groups is 1. The number of rotatable bonds is 4. The second-order valence-electron chi connectivity index (χ2n) is 7.18. The van der Waals surface area contributed by atoms with E-state index in [1.807, 2.05) is 30.5 Å². The average molecular weight is 418 g/mol. The third-order valence-corrected chi connectivity index (χ3v) is 6.58. The minimum Gasteiger partial charge on any atom is -0.348 e. The van der Waals surface area contributed by atoms with Crippen molar-refractivity contribution >= 4 is 40.8 Å². The molecule has 1 aliphatic heterocycles. The number of hydrogen-bond acceptors (Lipinski definition) is 4. The molecule has 6 nitrogen and oxygen atoms in total. The van der Waals surface area contributed by atoms with Gasteiger partial charge in [-0.25, -0.2) is 4.79 Å². The second kappa shape index (κ2) is 7.22. The summed E-state index contributed by atoms with van der Waals surface area (Å²) < 4.78 is 0. The van der Waals surface area contributed by atoms with Crippen molar-refractivity contribution in [2.24, 2.45) is 0 Å². The van der Waals surface area contributed by atoms with Crippen LogP contribution in [0.15, 0.2) is 35.7 Å². The van der Waals surface area contributed by atoms with Crippen LogP contribution < -0.4 is 10.6 Å². The van der Waals surface area contributed by atoms with Gasteiger partial charge in [-0.15, -0.1) is 11.3 Å². The van der Waals surface area contributed by atoms with E-state index in [1.165, 1.54) is 0 Å². The second-order valence-corrected chi connectivity index (χ2v) is 8.62. The van der Waals surface area contributed by atoms with Gasteiger partial charge in [-0.2, -0.15) is 0 Å². The lowest BCUT2D eigenvalue weighted by Crippen LogP contribution is -2.47. The number of thiophene rings is 1. The summed E-state index contributed by atoms with van der Waals surface area (Å²) in [6.07, 6.45) is 2.29. The van der Waals surface area contributed by atoms with Crippen LogP contribution in [0.3, 0.4) is 0 Å². The molecule has 2 atom stereocenters. The predicted molar refractivity (Wildman–Crippen MR) is 107 cm³/mol. The van der Waals surface area contributed by atoms with Crippen molar-refractivity contribution in [3.8, 4) is 0 Å². The molecular weight excluding hydrogens is 398 g/mol. The van der Waals surface area contributed by atoms with Crippen LogP contribution >= 0.6 is 22.9 Å². The van der Waals surface area contributed by atoms with E-state index in [1.54, 1.807) is 23.5 Å². The van der Waals surface area contributed by atoms with E-state index in [-0.39, 0.29) is 18.5 Å². The fraction of sp³-hybridized carbons (Fsp3) is 0.350. The summed E-state index contributed by atoms with van der Waals surface area (Å²) in [6.45, 7) is 1.52. The van der Waals surface area contributed by atoms with Gasteiger partial charge in [0.15, 0.2) is 0 Å². The number of benzene rings is 1. The van der Waals surface area contributed by atoms with Gasteiger partial charge in [0.05, 0.1) is 6.04 Å². The van der Waals surface area contributed by atoms with E-state index in [0.29, 0.717) is 11.4 Å². The maximum Gasteiger partial charge on any atom is 0.325 e. The Hall–Kier alpha value is -2.38. The Morgan fingerprint density at radius 3 is 3.00 bits per heavy atom. The first-order valence-electron chi connectivity index (χ1n) is 9.16. The first-order chi connectivity index (χ1) is 13.4. The zero-order chi connectivity index (χ0) is 19.9. The van der Waals surface area contributed by atoms with Gasteiger partial charge < -0.3 is 10.6 Å². The first kappa shape index (κ1) is 19.0. The maximum absolute atomic E-state index is 13.1. The van der Waals surface area contributed by atoms with Crippen LogP contribution in [0.4, 0.5) is 4.79 Å². The van der Waals surface area contributed by atoms with Gasteiger partial charge in [0, 0.05) is 15.5 Å². The first-order valence-corrected chi connectivity index (χ1v) is 10.4. The maximum atomic E-state index is 13.1. The lowest BCUT2D eigenvalue weighted by atomic mass is 9.80. The third-order valence-electron chi connectivity index (χ3n) is 5.36. The number of halogens is 1. The highest BCUT2D eigenvalue weighted by molar-refractivity contribution is 7.10. The van der Waals surface area contributed by atoms with Gasteiger partial charge in [-0.1, -0.05) is 23.7 Å². The minimum absolute atomic E-state index is 0.293. The topological polar surface area (TPSA) is 78.5 Å². The Balaban J connectivity index is 1.48. The minimum atomic E-state index is -1.02.